The Bertz CT molecular complexity index is 755. The molecule has 1 aliphatic heterocycles. The number of anilines is 2. The van der Waals surface area contributed by atoms with Gasteiger partial charge in [-0.25, -0.2) is 9.97 Å². The van der Waals surface area contributed by atoms with Crippen LogP contribution >= 0.6 is 0 Å². The normalized spacial score (nSPS) is 18.2. The summed E-state index contributed by atoms with van der Waals surface area (Å²) in [5.74, 6) is 2.75. The summed E-state index contributed by atoms with van der Waals surface area (Å²) < 4.78 is 0. The van der Waals surface area contributed by atoms with Crippen molar-refractivity contribution >= 4 is 11.6 Å². The molecule has 0 spiro atoms. The zero-order valence-electron chi connectivity index (χ0n) is 14.3. The second kappa shape index (κ2) is 6.06. The number of benzene rings is 1. The Morgan fingerprint density at radius 2 is 2.04 bits per heavy atom. The molecule has 0 bridgehead atoms. The molecular formula is C19H24N4O. The maximum Gasteiger partial charge on any atom is 0.134 e. The van der Waals surface area contributed by atoms with Gasteiger partial charge in [0.2, 0.25) is 0 Å². The third kappa shape index (κ3) is 3.22. The van der Waals surface area contributed by atoms with E-state index in [0.29, 0.717) is 6.04 Å². The van der Waals surface area contributed by atoms with E-state index in [9.17, 15) is 5.11 Å². The number of nitrogens with one attached hydrogen (secondary N) is 1. The number of aliphatic hydroxyl groups is 1. The molecule has 1 fully saturated rings. The lowest BCUT2D eigenvalue weighted by molar-refractivity contribution is 0.199. The molecule has 0 unspecified atom stereocenters. The smallest absolute Gasteiger partial charge is 0.134 e. The Morgan fingerprint density at radius 1 is 1.21 bits per heavy atom. The van der Waals surface area contributed by atoms with E-state index in [1.165, 1.54) is 24.0 Å². The molecular weight excluding hydrogens is 300 g/mol. The molecule has 2 aliphatic rings. The monoisotopic (exact) mass is 324 g/mol. The number of fused-ring (bicyclic) bond motifs is 1. The summed E-state index contributed by atoms with van der Waals surface area (Å²) in [5, 5.41) is 13.2. The van der Waals surface area contributed by atoms with Crippen molar-refractivity contribution in [3.05, 3.63) is 46.8 Å². The van der Waals surface area contributed by atoms with Crippen molar-refractivity contribution in [1.82, 2.24) is 9.97 Å². The lowest BCUT2D eigenvalue weighted by Gasteiger charge is -2.30. The Morgan fingerprint density at radius 3 is 2.79 bits per heavy atom. The minimum atomic E-state index is -0.408. The Balaban J connectivity index is 1.56. The van der Waals surface area contributed by atoms with Crippen molar-refractivity contribution in [1.29, 1.82) is 0 Å². The molecule has 1 aromatic heterocycles. The zero-order chi connectivity index (χ0) is 16.7. The van der Waals surface area contributed by atoms with Gasteiger partial charge in [0.05, 0.1) is 6.10 Å². The van der Waals surface area contributed by atoms with E-state index in [4.69, 9.17) is 0 Å². The van der Waals surface area contributed by atoms with Crippen molar-refractivity contribution in [2.75, 3.05) is 16.8 Å². The fourth-order valence-corrected chi connectivity index (χ4v) is 3.25. The molecule has 1 aliphatic carbocycles. The van der Waals surface area contributed by atoms with Crippen LogP contribution in [0.2, 0.25) is 0 Å². The SMILES string of the molecule is Cc1nc(NC2CC2)cc(N2CCc3cc([C@@H](C)O)ccc3C2)n1. The Labute approximate surface area is 142 Å². The number of aromatic nitrogens is 2. The van der Waals surface area contributed by atoms with Crippen LogP contribution in [-0.2, 0) is 13.0 Å². The summed E-state index contributed by atoms with van der Waals surface area (Å²) in [6, 6.07) is 8.97. The van der Waals surface area contributed by atoms with Crippen molar-refractivity contribution < 1.29 is 5.11 Å². The van der Waals surface area contributed by atoms with Crippen LogP contribution in [0.15, 0.2) is 24.3 Å². The van der Waals surface area contributed by atoms with Gasteiger partial charge in [-0.15, -0.1) is 0 Å². The number of hydrogen-bond donors (Lipinski definition) is 2. The molecule has 1 saturated carbocycles. The molecule has 0 amide bonds. The number of aliphatic hydroxyl groups excluding tert-OH is 1. The molecule has 24 heavy (non-hydrogen) atoms. The number of hydrogen-bond acceptors (Lipinski definition) is 5. The second-order valence-electron chi connectivity index (χ2n) is 6.95. The van der Waals surface area contributed by atoms with E-state index >= 15 is 0 Å². The van der Waals surface area contributed by atoms with Gasteiger partial charge in [0.1, 0.15) is 17.5 Å². The summed E-state index contributed by atoms with van der Waals surface area (Å²) in [7, 11) is 0. The van der Waals surface area contributed by atoms with Crippen LogP contribution in [0.4, 0.5) is 11.6 Å². The van der Waals surface area contributed by atoms with Gasteiger partial charge in [-0.3, -0.25) is 0 Å². The van der Waals surface area contributed by atoms with Gasteiger partial charge in [0, 0.05) is 25.2 Å². The quantitative estimate of drug-likeness (QED) is 0.905. The van der Waals surface area contributed by atoms with E-state index in [-0.39, 0.29) is 0 Å². The first-order valence-electron chi connectivity index (χ1n) is 8.75. The zero-order valence-corrected chi connectivity index (χ0v) is 14.3. The van der Waals surface area contributed by atoms with E-state index in [1.54, 1.807) is 0 Å². The van der Waals surface area contributed by atoms with Gasteiger partial charge in [-0.1, -0.05) is 18.2 Å². The minimum absolute atomic E-state index is 0.408. The maximum absolute atomic E-state index is 9.76. The molecule has 5 heteroatoms. The molecule has 0 radical (unpaired) electrons. The highest BCUT2D eigenvalue weighted by atomic mass is 16.3. The van der Waals surface area contributed by atoms with Crippen LogP contribution in [0.1, 0.15) is 48.4 Å². The average Bonchev–Trinajstić information content (AvgIpc) is 3.37. The molecule has 1 aromatic carbocycles. The molecule has 5 nitrogen and oxygen atoms in total. The van der Waals surface area contributed by atoms with Gasteiger partial charge in [0.15, 0.2) is 0 Å². The van der Waals surface area contributed by atoms with Gasteiger partial charge in [-0.2, -0.15) is 0 Å². The summed E-state index contributed by atoms with van der Waals surface area (Å²) in [6.45, 7) is 5.56. The summed E-state index contributed by atoms with van der Waals surface area (Å²) >= 11 is 0. The van der Waals surface area contributed by atoms with Crippen LogP contribution < -0.4 is 10.2 Å². The van der Waals surface area contributed by atoms with Crippen molar-refractivity contribution in [3.63, 3.8) is 0 Å². The average molecular weight is 324 g/mol. The van der Waals surface area contributed by atoms with E-state index < -0.39 is 6.10 Å². The summed E-state index contributed by atoms with van der Waals surface area (Å²) in [6.07, 6.45) is 3.04. The van der Waals surface area contributed by atoms with Crippen LogP contribution in [0, 0.1) is 6.92 Å². The lowest BCUT2D eigenvalue weighted by Crippen LogP contribution is -2.31. The Hall–Kier alpha value is -2.14. The lowest BCUT2D eigenvalue weighted by atomic mass is 9.96. The largest absolute Gasteiger partial charge is 0.389 e. The highest BCUT2D eigenvalue weighted by Gasteiger charge is 2.23. The molecule has 126 valence electrons. The maximum atomic E-state index is 9.76. The Kier molecular flexibility index (Phi) is 3.88. The number of aryl methyl sites for hydroxylation is 1. The first-order valence-corrected chi connectivity index (χ1v) is 8.75. The predicted octanol–water partition coefficient (Wildman–Crippen LogP) is 2.98. The number of nitrogens with zero attached hydrogens (tertiary/aromatic N) is 3. The first-order chi connectivity index (χ1) is 11.6. The third-order valence-corrected chi connectivity index (χ3v) is 4.80. The number of rotatable bonds is 4. The van der Waals surface area contributed by atoms with Crippen molar-refractivity contribution in [3.8, 4) is 0 Å². The highest BCUT2D eigenvalue weighted by Crippen LogP contribution is 2.29. The molecule has 1 atom stereocenters. The van der Waals surface area contributed by atoms with Gasteiger partial charge >= 0.3 is 0 Å². The second-order valence-corrected chi connectivity index (χ2v) is 6.95. The molecule has 2 N–H and O–H groups in total. The van der Waals surface area contributed by atoms with Gasteiger partial charge < -0.3 is 15.3 Å². The van der Waals surface area contributed by atoms with Gasteiger partial charge in [0.25, 0.3) is 0 Å². The third-order valence-electron chi connectivity index (χ3n) is 4.80. The van der Waals surface area contributed by atoms with Crippen molar-refractivity contribution in [2.45, 2.75) is 51.8 Å². The highest BCUT2D eigenvalue weighted by molar-refractivity contribution is 5.52. The fraction of sp³-hybridized carbons (Fsp3) is 0.474. The standard InChI is InChI=1S/C19H24N4O/c1-12(24)14-3-4-16-11-23(8-7-15(16)9-14)19-10-18(20-13(2)21-19)22-17-5-6-17/h3-4,9-10,12,17,24H,5-8,11H2,1-2H3,(H,20,21,22)/t12-/m1/s1. The summed E-state index contributed by atoms with van der Waals surface area (Å²) in [5.41, 5.74) is 3.65. The van der Waals surface area contributed by atoms with Crippen molar-refractivity contribution in [2.24, 2.45) is 0 Å². The minimum Gasteiger partial charge on any atom is -0.389 e. The van der Waals surface area contributed by atoms with Crippen LogP contribution in [0.25, 0.3) is 0 Å². The summed E-state index contributed by atoms with van der Waals surface area (Å²) in [4.78, 5) is 11.5. The van der Waals surface area contributed by atoms with Crippen LogP contribution in [0.3, 0.4) is 0 Å². The van der Waals surface area contributed by atoms with E-state index in [2.05, 4.69) is 38.4 Å². The molecule has 2 aromatic rings. The van der Waals surface area contributed by atoms with Crippen LogP contribution in [-0.4, -0.2) is 27.7 Å². The molecule has 4 rings (SSSR count). The van der Waals surface area contributed by atoms with E-state index in [0.717, 1.165) is 42.5 Å². The first kappa shape index (κ1) is 15.4. The predicted molar refractivity (Wildman–Crippen MR) is 95.2 cm³/mol. The van der Waals surface area contributed by atoms with E-state index in [1.807, 2.05) is 19.9 Å². The molecule has 0 saturated heterocycles. The van der Waals surface area contributed by atoms with Crippen LogP contribution in [0.5, 0.6) is 0 Å². The van der Waals surface area contributed by atoms with Gasteiger partial charge in [-0.05, 0) is 49.8 Å². The topological polar surface area (TPSA) is 61.3 Å². The molecule has 2 heterocycles. The fourth-order valence-electron chi connectivity index (χ4n) is 3.25.